The third-order valence-corrected chi connectivity index (χ3v) is 4.39. The van der Waals surface area contributed by atoms with Crippen LogP contribution in [0.2, 0.25) is 0 Å². The minimum Gasteiger partial charge on any atom is -0.490 e. The van der Waals surface area contributed by atoms with Crippen molar-refractivity contribution in [3.63, 3.8) is 0 Å². The normalized spacial score (nSPS) is 10.4. The zero-order chi connectivity index (χ0) is 19.1. The van der Waals surface area contributed by atoms with E-state index >= 15 is 0 Å². The lowest BCUT2D eigenvalue weighted by atomic mass is 10.2. The Labute approximate surface area is 156 Å². The average molecular weight is 378 g/mol. The van der Waals surface area contributed by atoms with Crippen LogP contribution in [0.4, 0.5) is 11.4 Å². The Bertz CT molecular complexity index is 788. The number of amides is 1. The highest BCUT2D eigenvalue weighted by atomic mass is 32.1. The van der Waals surface area contributed by atoms with E-state index in [1.165, 1.54) is 23.5 Å². The molecule has 1 aromatic heterocycles. The van der Waals surface area contributed by atoms with Crippen molar-refractivity contribution in [2.45, 2.75) is 33.6 Å². The van der Waals surface area contributed by atoms with Crippen LogP contribution in [0.25, 0.3) is 0 Å². The van der Waals surface area contributed by atoms with Gasteiger partial charge in [-0.3, -0.25) is 14.9 Å². The van der Waals surface area contributed by atoms with Gasteiger partial charge in [-0.05, 0) is 31.9 Å². The van der Waals surface area contributed by atoms with Gasteiger partial charge in [0.15, 0.2) is 11.5 Å². The Kier molecular flexibility index (Phi) is 6.97. The molecule has 140 valence electrons. The third kappa shape index (κ3) is 4.95. The number of nitro groups is 1. The number of carbonyl (C=O) groups excluding carboxylic acids is 1. The van der Waals surface area contributed by atoms with Crippen LogP contribution in [0, 0.1) is 17.0 Å². The van der Waals surface area contributed by atoms with Crippen molar-refractivity contribution in [2.75, 3.05) is 18.5 Å². The molecule has 8 heteroatoms. The minimum atomic E-state index is -0.544. The maximum atomic E-state index is 12.4. The quantitative estimate of drug-likeness (QED) is 0.500. The monoisotopic (exact) mass is 378 g/mol. The van der Waals surface area contributed by atoms with Gasteiger partial charge >= 0.3 is 0 Å². The van der Waals surface area contributed by atoms with Crippen LogP contribution in [0.3, 0.4) is 0 Å². The highest BCUT2D eigenvalue weighted by molar-refractivity contribution is 7.14. The molecule has 2 aromatic rings. The smallest absolute Gasteiger partial charge is 0.296 e. The third-order valence-electron chi connectivity index (χ3n) is 3.39. The minimum absolute atomic E-state index is 0.0843. The van der Waals surface area contributed by atoms with Crippen molar-refractivity contribution in [1.29, 1.82) is 0 Å². The molecule has 0 unspecified atom stereocenters. The lowest BCUT2D eigenvalue weighted by Crippen LogP contribution is -2.12. The molecule has 0 radical (unpaired) electrons. The number of carbonyl (C=O) groups is 1. The number of thiophene rings is 1. The van der Waals surface area contributed by atoms with Gasteiger partial charge in [0.2, 0.25) is 0 Å². The zero-order valence-electron chi connectivity index (χ0n) is 15.0. The summed E-state index contributed by atoms with van der Waals surface area (Å²) in [5.41, 5.74) is -0.150. The predicted molar refractivity (Wildman–Crippen MR) is 102 cm³/mol. The topological polar surface area (TPSA) is 90.7 Å². The van der Waals surface area contributed by atoms with E-state index in [0.29, 0.717) is 29.6 Å². The van der Waals surface area contributed by atoms with Crippen LogP contribution in [0.1, 0.15) is 41.2 Å². The maximum Gasteiger partial charge on any atom is 0.296 e. The molecular formula is C18H22N2O5S. The summed E-state index contributed by atoms with van der Waals surface area (Å²) in [5, 5.41) is 14.1. The summed E-state index contributed by atoms with van der Waals surface area (Å²) in [4.78, 5) is 24.8. The number of hydrogen-bond donors (Lipinski definition) is 1. The van der Waals surface area contributed by atoms with Crippen molar-refractivity contribution in [3.8, 4) is 11.5 Å². The van der Waals surface area contributed by atoms with Crippen LogP contribution in [0.5, 0.6) is 11.5 Å². The highest BCUT2D eigenvalue weighted by Crippen LogP contribution is 2.38. The molecule has 0 saturated heterocycles. The summed E-state index contributed by atoms with van der Waals surface area (Å²) >= 11 is 1.32. The van der Waals surface area contributed by atoms with Gasteiger partial charge in [0, 0.05) is 10.9 Å². The second-order valence-electron chi connectivity index (χ2n) is 5.63. The molecule has 1 amide bonds. The van der Waals surface area contributed by atoms with Crippen LogP contribution in [-0.2, 0) is 0 Å². The largest absolute Gasteiger partial charge is 0.490 e. The lowest BCUT2D eigenvalue weighted by Gasteiger charge is -2.14. The van der Waals surface area contributed by atoms with Crippen molar-refractivity contribution >= 4 is 28.6 Å². The number of ether oxygens (including phenoxy) is 2. The molecule has 0 saturated carbocycles. The molecule has 0 spiro atoms. The molecule has 0 bridgehead atoms. The Morgan fingerprint density at radius 1 is 1.15 bits per heavy atom. The molecule has 1 N–H and O–H groups in total. The Morgan fingerprint density at radius 3 is 2.27 bits per heavy atom. The summed E-state index contributed by atoms with van der Waals surface area (Å²) < 4.78 is 11.2. The van der Waals surface area contributed by atoms with Gasteiger partial charge in [0.05, 0.1) is 29.1 Å². The van der Waals surface area contributed by atoms with E-state index in [4.69, 9.17) is 9.47 Å². The molecule has 0 aliphatic rings. The zero-order valence-corrected chi connectivity index (χ0v) is 15.9. The fourth-order valence-electron chi connectivity index (χ4n) is 2.19. The fourth-order valence-corrected chi connectivity index (χ4v) is 2.95. The van der Waals surface area contributed by atoms with Crippen molar-refractivity contribution in [2.24, 2.45) is 0 Å². The average Bonchev–Trinajstić information content (AvgIpc) is 3.05. The van der Waals surface area contributed by atoms with E-state index in [1.54, 1.807) is 6.07 Å². The van der Waals surface area contributed by atoms with Crippen LogP contribution >= 0.6 is 11.3 Å². The number of rotatable bonds is 9. The second kappa shape index (κ2) is 9.19. The molecular weight excluding hydrogens is 356 g/mol. The van der Waals surface area contributed by atoms with Gasteiger partial charge < -0.3 is 14.8 Å². The van der Waals surface area contributed by atoms with Crippen molar-refractivity contribution < 1.29 is 19.2 Å². The number of nitrogens with zero attached hydrogens (tertiary/aromatic N) is 1. The summed E-state index contributed by atoms with van der Waals surface area (Å²) in [6.45, 7) is 6.65. The van der Waals surface area contributed by atoms with Gasteiger partial charge in [0.1, 0.15) is 5.69 Å². The van der Waals surface area contributed by atoms with E-state index < -0.39 is 10.8 Å². The van der Waals surface area contributed by atoms with E-state index in [0.717, 1.165) is 17.7 Å². The Hall–Kier alpha value is -2.61. The molecule has 0 aliphatic heterocycles. The molecule has 1 heterocycles. The number of hydrogen-bond acceptors (Lipinski definition) is 6. The van der Waals surface area contributed by atoms with Crippen molar-refractivity contribution in [1.82, 2.24) is 0 Å². The first-order valence-corrected chi connectivity index (χ1v) is 9.23. The first-order valence-electron chi connectivity index (χ1n) is 8.42. The standard InChI is InChI=1S/C18H22N2O5S/c1-4-8-24-15-10-13(19-18(21)17-7-6-12(3)26-17)14(20(22)23)11-16(15)25-9-5-2/h6-7,10-11H,4-5,8-9H2,1-3H3,(H,19,21). The maximum absolute atomic E-state index is 12.4. The number of nitro benzene ring substituents is 1. The predicted octanol–water partition coefficient (Wildman–Crippen LogP) is 4.79. The number of nitrogens with one attached hydrogen (secondary N) is 1. The summed E-state index contributed by atoms with van der Waals surface area (Å²) in [5.74, 6) is 0.287. The van der Waals surface area contributed by atoms with Gasteiger partial charge in [-0.25, -0.2) is 0 Å². The first kappa shape index (κ1) is 19.7. The molecule has 2 rings (SSSR count). The summed E-state index contributed by atoms with van der Waals surface area (Å²) in [6.07, 6.45) is 1.54. The molecule has 7 nitrogen and oxygen atoms in total. The van der Waals surface area contributed by atoms with Gasteiger partial charge in [0.25, 0.3) is 11.6 Å². The highest BCUT2D eigenvalue weighted by Gasteiger charge is 2.22. The number of aryl methyl sites for hydroxylation is 1. The van der Waals surface area contributed by atoms with Gasteiger partial charge in [-0.15, -0.1) is 11.3 Å². The molecule has 26 heavy (non-hydrogen) atoms. The fraction of sp³-hybridized carbons (Fsp3) is 0.389. The van der Waals surface area contributed by atoms with Crippen molar-refractivity contribution in [3.05, 3.63) is 44.1 Å². The Morgan fingerprint density at radius 2 is 1.77 bits per heavy atom. The number of benzene rings is 1. The molecule has 1 aromatic carbocycles. The van der Waals surface area contributed by atoms with E-state index in [9.17, 15) is 14.9 Å². The first-order chi connectivity index (χ1) is 12.5. The molecule has 0 fully saturated rings. The molecule has 0 aliphatic carbocycles. The summed E-state index contributed by atoms with van der Waals surface area (Å²) in [6, 6.07) is 6.27. The lowest BCUT2D eigenvalue weighted by molar-refractivity contribution is -0.384. The van der Waals surface area contributed by atoms with Gasteiger partial charge in [-0.2, -0.15) is 0 Å². The number of anilines is 1. The second-order valence-corrected chi connectivity index (χ2v) is 6.92. The van der Waals surface area contributed by atoms with E-state index in [-0.39, 0.29) is 11.4 Å². The van der Waals surface area contributed by atoms with Crippen LogP contribution in [-0.4, -0.2) is 24.0 Å². The van der Waals surface area contributed by atoms with Crippen LogP contribution in [0.15, 0.2) is 24.3 Å². The van der Waals surface area contributed by atoms with E-state index in [2.05, 4.69) is 5.32 Å². The van der Waals surface area contributed by atoms with E-state index in [1.807, 2.05) is 26.8 Å². The molecule has 0 atom stereocenters. The van der Waals surface area contributed by atoms with Gasteiger partial charge in [-0.1, -0.05) is 13.8 Å². The Balaban J connectivity index is 2.38. The van der Waals surface area contributed by atoms with Crippen LogP contribution < -0.4 is 14.8 Å². The summed E-state index contributed by atoms with van der Waals surface area (Å²) in [7, 11) is 0. The SMILES string of the molecule is CCCOc1cc(NC(=O)c2ccc(C)s2)c([N+](=O)[O-])cc1OCCC.